The van der Waals surface area contributed by atoms with Crippen LogP contribution in [0.2, 0.25) is 0 Å². The number of piperidine rings is 1. The molecule has 3 aromatic rings. The fraction of sp³-hybridized carbons (Fsp3) is 0.364. The maximum Gasteiger partial charge on any atom is 0.283 e. The molecule has 9 heteroatoms. The Morgan fingerprint density at radius 1 is 1.10 bits per heavy atom. The van der Waals surface area contributed by atoms with Crippen molar-refractivity contribution in [1.82, 2.24) is 15.1 Å². The van der Waals surface area contributed by atoms with Crippen LogP contribution in [0.4, 0.5) is 10.1 Å². The fourth-order valence-electron chi connectivity index (χ4n) is 4.25. The number of carbonyl (C=O) groups excluding carboxylic acids is 2. The lowest BCUT2D eigenvalue weighted by Crippen LogP contribution is -2.42. The summed E-state index contributed by atoms with van der Waals surface area (Å²) in [5.74, 6) is 0.644. The number of benzene rings is 1. The Kier molecular flexibility index (Phi) is 5.01. The first-order valence-corrected chi connectivity index (χ1v) is 10.3. The van der Waals surface area contributed by atoms with Crippen molar-refractivity contribution in [3.63, 3.8) is 0 Å². The summed E-state index contributed by atoms with van der Waals surface area (Å²) in [5, 5.41) is 8.19. The normalized spacial score (nSPS) is 19.9. The smallest absolute Gasteiger partial charge is 0.283 e. The minimum Gasteiger partial charge on any atom is -0.459 e. The second kappa shape index (κ2) is 7.98. The Labute approximate surface area is 177 Å². The van der Waals surface area contributed by atoms with Gasteiger partial charge in [-0.1, -0.05) is 0 Å². The van der Waals surface area contributed by atoms with Gasteiger partial charge < -0.3 is 18.6 Å². The zero-order valence-corrected chi connectivity index (χ0v) is 16.7. The molecule has 2 fully saturated rings. The van der Waals surface area contributed by atoms with Gasteiger partial charge in [-0.3, -0.25) is 9.59 Å². The zero-order valence-electron chi connectivity index (χ0n) is 16.7. The van der Waals surface area contributed by atoms with Crippen LogP contribution in [0, 0.1) is 11.7 Å². The van der Waals surface area contributed by atoms with Crippen molar-refractivity contribution in [2.45, 2.75) is 25.2 Å². The molecule has 1 aromatic carbocycles. The highest BCUT2D eigenvalue weighted by Gasteiger charge is 2.38. The predicted molar refractivity (Wildman–Crippen MR) is 107 cm³/mol. The molecule has 1 atom stereocenters. The van der Waals surface area contributed by atoms with Gasteiger partial charge in [0.25, 0.3) is 5.89 Å². The first-order valence-electron chi connectivity index (χ1n) is 10.3. The number of rotatable bonds is 4. The van der Waals surface area contributed by atoms with Crippen molar-refractivity contribution < 1.29 is 22.8 Å². The molecule has 2 aliphatic rings. The van der Waals surface area contributed by atoms with Gasteiger partial charge in [0.05, 0.1) is 12.2 Å². The Hall–Kier alpha value is -3.49. The number of likely N-dealkylation sites (tertiary alicyclic amines) is 1. The lowest BCUT2D eigenvalue weighted by molar-refractivity contribution is -0.136. The lowest BCUT2D eigenvalue weighted by atomic mass is 9.95. The minimum atomic E-state index is -0.386. The molecule has 2 saturated heterocycles. The molecule has 0 bridgehead atoms. The molecular formula is C22H21FN4O4. The number of furan rings is 1. The van der Waals surface area contributed by atoms with Gasteiger partial charge in [-0.25, -0.2) is 4.39 Å². The molecule has 2 amide bonds. The molecule has 5 rings (SSSR count). The lowest BCUT2D eigenvalue weighted by Gasteiger charge is -2.32. The van der Waals surface area contributed by atoms with Gasteiger partial charge in [-0.15, -0.1) is 10.2 Å². The van der Waals surface area contributed by atoms with Gasteiger partial charge in [0.1, 0.15) is 5.82 Å². The number of aromatic nitrogens is 2. The quantitative estimate of drug-likeness (QED) is 0.639. The average molecular weight is 424 g/mol. The highest BCUT2D eigenvalue weighted by Crippen LogP contribution is 2.32. The fourth-order valence-corrected chi connectivity index (χ4v) is 4.25. The van der Waals surface area contributed by atoms with Crippen LogP contribution in [-0.4, -0.2) is 46.5 Å². The van der Waals surface area contributed by atoms with Crippen LogP contribution in [0.15, 0.2) is 51.5 Å². The van der Waals surface area contributed by atoms with E-state index in [0.717, 1.165) is 0 Å². The third-order valence-corrected chi connectivity index (χ3v) is 5.94. The van der Waals surface area contributed by atoms with E-state index in [0.29, 0.717) is 55.7 Å². The number of hydrogen-bond donors (Lipinski definition) is 0. The van der Waals surface area contributed by atoms with Gasteiger partial charge in [-0.2, -0.15) is 0 Å². The van der Waals surface area contributed by atoms with Gasteiger partial charge >= 0.3 is 0 Å². The van der Waals surface area contributed by atoms with E-state index in [1.54, 1.807) is 35.4 Å². The van der Waals surface area contributed by atoms with E-state index in [9.17, 15) is 14.0 Å². The molecule has 2 aliphatic heterocycles. The van der Waals surface area contributed by atoms with Crippen LogP contribution < -0.4 is 4.90 Å². The summed E-state index contributed by atoms with van der Waals surface area (Å²) in [4.78, 5) is 28.8. The first kappa shape index (κ1) is 19.5. The first-order chi connectivity index (χ1) is 15.1. The van der Waals surface area contributed by atoms with Crippen LogP contribution in [0.1, 0.15) is 31.1 Å². The van der Waals surface area contributed by atoms with E-state index >= 15 is 0 Å². The SMILES string of the molecule is O=C(C1CC(=O)N(c2ccc(F)cc2)C1)N1CCC(c2nnc(-c3ccco3)o2)CC1. The predicted octanol–water partition coefficient (Wildman–Crippen LogP) is 3.23. The molecule has 0 radical (unpaired) electrons. The summed E-state index contributed by atoms with van der Waals surface area (Å²) in [7, 11) is 0. The average Bonchev–Trinajstić information content (AvgIpc) is 3.55. The monoisotopic (exact) mass is 424 g/mol. The largest absolute Gasteiger partial charge is 0.459 e. The summed E-state index contributed by atoms with van der Waals surface area (Å²) < 4.78 is 24.2. The molecule has 4 heterocycles. The number of halogens is 1. The van der Waals surface area contributed by atoms with Crippen molar-refractivity contribution in [3.8, 4) is 11.7 Å². The van der Waals surface area contributed by atoms with Crippen molar-refractivity contribution >= 4 is 17.5 Å². The summed E-state index contributed by atoms with van der Waals surface area (Å²) in [6.45, 7) is 1.46. The van der Waals surface area contributed by atoms with E-state index in [4.69, 9.17) is 8.83 Å². The molecule has 31 heavy (non-hydrogen) atoms. The van der Waals surface area contributed by atoms with Gasteiger partial charge in [0.15, 0.2) is 5.76 Å². The van der Waals surface area contributed by atoms with Crippen LogP contribution in [0.5, 0.6) is 0 Å². The zero-order chi connectivity index (χ0) is 21.4. The van der Waals surface area contributed by atoms with Crippen molar-refractivity contribution in [2.24, 2.45) is 5.92 Å². The minimum absolute atomic E-state index is 0.0155. The van der Waals surface area contributed by atoms with Gasteiger partial charge in [0, 0.05) is 37.7 Å². The molecule has 0 N–H and O–H groups in total. The van der Waals surface area contributed by atoms with Crippen molar-refractivity contribution in [1.29, 1.82) is 0 Å². The molecule has 0 aliphatic carbocycles. The topological polar surface area (TPSA) is 92.7 Å². The number of amides is 2. The van der Waals surface area contributed by atoms with E-state index in [2.05, 4.69) is 10.2 Å². The molecular weight excluding hydrogens is 403 g/mol. The van der Waals surface area contributed by atoms with Gasteiger partial charge in [0.2, 0.25) is 17.7 Å². The van der Waals surface area contributed by atoms with E-state index < -0.39 is 0 Å². The highest BCUT2D eigenvalue weighted by molar-refractivity contribution is 6.00. The Morgan fingerprint density at radius 3 is 2.58 bits per heavy atom. The number of nitrogens with zero attached hydrogens (tertiary/aromatic N) is 4. The molecule has 2 aromatic heterocycles. The molecule has 8 nitrogen and oxygen atoms in total. The highest BCUT2D eigenvalue weighted by atomic mass is 19.1. The number of hydrogen-bond acceptors (Lipinski definition) is 6. The molecule has 0 saturated carbocycles. The molecule has 1 unspecified atom stereocenters. The van der Waals surface area contributed by atoms with Crippen molar-refractivity contribution in [3.05, 3.63) is 54.4 Å². The van der Waals surface area contributed by atoms with E-state index in [1.165, 1.54) is 12.1 Å². The Bertz CT molecular complexity index is 1070. The van der Waals surface area contributed by atoms with Crippen LogP contribution in [-0.2, 0) is 9.59 Å². The number of carbonyl (C=O) groups is 2. The summed E-state index contributed by atoms with van der Waals surface area (Å²) in [5.41, 5.74) is 0.615. The second-order valence-corrected chi connectivity index (χ2v) is 7.90. The van der Waals surface area contributed by atoms with E-state index in [1.807, 2.05) is 4.90 Å². The second-order valence-electron chi connectivity index (χ2n) is 7.90. The van der Waals surface area contributed by atoms with Crippen molar-refractivity contribution in [2.75, 3.05) is 24.5 Å². The third-order valence-electron chi connectivity index (χ3n) is 5.94. The molecule has 0 spiro atoms. The number of anilines is 1. The van der Waals surface area contributed by atoms with E-state index in [-0.39, 0.29) is 35.9 Å². The Balaban J connectivity index is 1.19. The maximum absolute atomic E-state index is 13.2. The van der Waals surface area contributed by atoms with Crippen LogP contribution in [0.3, 0.4) is 0 Å². The summed E-state index contributed by atoms with van der Waals surface area (Å²) in [6, 6.07) is 9.28. The molecule has 160 valence electrons. The third kappa shape index (κ3) is 3.83. The van der Waals surface area contributed by atoms with Gasteiger partial charge in [-0.05, 0) is 49.2 Å². The standard InChI is InChI=1S/C22H21FN4O4/c23-16-3-5-17(6-4-16)27-13-15(12-19(27)28)22(29)26-9-7-14(8-10-26)20-24-25-21(31-20)18-2-1-11-30-18/h1-6,11,14-15H,7-10,12-13H2. The Morgan fingerprint density at radius 2 is 1.87 bits per heavy atom. The van der Waals surface area contributed by atoms with Crippen LogP contribution in [0.25, 0.3) is 11.7 Å². The van der Waals surface area contributed by atoms with Crippen LogP contribution >= 0.6 is 0 Å². The summed E-state index contributed by atoms with van der Waals surface area (Å²) >= 11 is 0. The maximum atomic E-state index is 13.2. The summed E-state index contributed by atoms with van der Waals surface area (Å²) in [6.07, 6.45) is 3.16.